The van der Waals surface area contributed by atoms with Gasteiger partial charge in [-0.2, -0.15) is 0 Å². The quantitative estimate of drug-likeness (QED) is 0.656. The number of thiophene rings is 1. The number of hydrogen-bond donors (Lipinski definition) is 0. The topological polar surface area (TPSA) is 38.9 Å². The SMILES string of the molecule is Cc1ccsc1-c1nnc(SC2CCCc3ccccc32)o1. The molecule has 3 nitrogen and oxygen atoms in total. The van der Waals surface area contributed by atoms with Gasteiger partial charge in [-0.15, -0.1) is 21.5 Å². The molecule has 22 heavy (non-hydrogen) atoms. The maximum atomic E-state index is 5.88. The molecule has 1 aromatic carbocycles. The average molecular weight is 328 g/mol. The number of hydrogen-bond acceptors (Lipinski definition) is 5. The van der Waals surface area contributed by atoms with Gasteiger partial charge in [-0.3, -0.25) is 0 Å². The number of thioether (sulfide) groups is 1. The van der Waals surface area contributed by atoms with Crippen LogP contribution in [0.5, 0.6) is 0 Å². The summed E-state index contributed by atoms with van der Waals surface area (Å²) >= 11 is 3.34. The second kappa shape index (κ2) is 5.89. The summed E-state index contributed by atoms with van der Waals surface area (Å²) in [5.41, 5.74) is 4.07. The van der Waals surface area contributed by atoms with E-state index in [1.165, 1.54) is 29.5 Å². The molecule has 0 bridgehead atoms. The summed E-state index contributed by atoms with van der Waals surface area (Å²) in [5, 5.41) is 11.6. The van der Waals surface area contributed by atoms with Crippen molar-refractivity contribution >= 4 is 23.1 Å². The maximum Gasteiger partial charge on any atom is 0.277 e. The smallest absolute Gasteiger partial charge is 0.277 e. The van der Waals surface area contributed by atoms with Crippen molar-refractivity contribution in [2.75, 3.05) is 0 Å². The Labute approximate surface area is 137 Å². The van der Waals surface area contributed by atoms with Crippen molar-refractivity contribution < 1.29 is 4.42 Å². The first kappa shape index (κ1) is 14.0. The minimum atomic E-state index is 0.419. The molecule has 0 saturated heterocycles. The van der Waals surface area contributed by atoms with Crippen LogP contribution in [0.4, 0.5) is 0 Å². The molecular weight excluding hydrogens is 312 g/mol. The number of fused-ring (bicyclic) bond motifs is 1. The van der Waals surface area contributed by atoms with Gasteiger partial charge in [0, 0.05) is 5.25 Å². The fraction of sp³-hybridized carbons (Fsp3) is 0.294. The Morgan fingerprint density at radius 3 is 3.00 bits per heavy atom. The molecule has 0 saturated carbocycles. The molecule has 0 aliphatic heterocycles. The van der Waals surface area contributed by atoms with Gasteiger partial charge in [0.25, 0.3) is 11.1 Å². The zero-order valence-electron chi connectivity index (χ0n) is 12.3. The van der Waals surface area contributed by atoms with Crippen molar-refractivity contribution in [3.05, 3.63) is 52.4 Å². The van der Waals surface area contributed by atoms with Crippen LogP contribution in [0.1, 0.15) is 34.8 Å². The van der Waals surface area contributed by atoms with Crippen LogP contribution in [0.25, 0.3) is 10.8 Å². The highest BCUT2D eigenvalue weighted by Gasteiger charge is 2.23. The molecule has 1 aliphatic carbocycles. The Balaban J connectivity index is 1.58. The van der Waals surface area contributed by atoms with Crippen LogP contribution in [0.3, 0.4) is 0 Å². The molecule has 2 aromatic heterocycles. The minimum absolute atomic E-state index is 0.419. The summed E-state index contributed by atoms with van der Waals surface area (Å²) in [7, 11) is 0. The van der Waals surface area contributed by atoms with Gasteiger partial charge < -0.3 is 4.42 Å². The van der Waals surface area contributed by atoms with Gasteiger partial charge >= 0.3 is 0 Å². The molecule has 0 fully saturated rings. The van der Waals surface area contributed by atoms with Gasteiger partial charge in [0.05, 0.1) is 4.88 Å². The van der Waals surface area contributed by atoms with Crippen molar-refractivity contribution in [2.45, 2.75) is 36.7 Å². The van der Waals surface area contributed by atoms with E-state index < -0.39 is 0 Å². The molecule has 5 heteroatoms. The van der Waals surface area contributed by atoms with E-state index >= 15 is 0 Å². The van der Waals surface area contributed by atoms with Gasteiger partial charge in [0.15, 0.2) is 0 Å². The Bertz CT molecular complexity index is 793. The Morgan fingerprint density at radius 2 is 2.14 bits per heavy atom. The first-order chi connectivity index (χ1) is 10.8. The van der Waals surface area contributed by atoms with Crippen LogP contribution in [0.2, 0.25) is 0 Å². The van der Waals surface area contributed by atoms with Gasteiger partial charge in [-0.25, -0.2) is 0 Å². The molecule has 112 valence electrons. The van der Waals surface area contributed by atoms with E-state index in [1.807, 2.05) is 0 Å². The zero-order valence-corrected chi connectivity index (χ0v) is 13.9. The van der Waals surface area contributed by atoms with Crippen LogP contribution < -0.4 is 0 Å². The molecule has 1 atom stereocenters. The maximum absolute atomic E-state index is 5.88. The Kier molecular flexibility index (Phi) is 3.76. The van der Waals surface area contributed by atoms with Crippen LogP contribution in [-0.2, 0) is 6.42 Å². The van der Waals surface area contributed by atoms with Gasteiger partial charge in [-0.1, -0.05) is 36.0 Å². The molecule has 4 rings (SSSR count). The fourth-order valence-corrected chi connectivity index (χ4v) is 4.84. The Morgan fingerprint density at radius 1 is 1.23 bits per heavy atom. The van der Waals surface area contributed by atoms with Gasteiger partial charge in [0.2, 0.25) is 0 Å². The molecule has 3 aromatic rings. The van der Waals surface area contributed by atoms with E-state index in [4.69, 9.17) is 4.42 Å². The number of nitrogens with zero attached hydrogens (tertiary/aromatic N) is 2. The molecule has 0 radical (unpaired) electrons. The largest absolute Gasteiger partial charge is 0.410 e. The lowest BCUT2D eigenvalue weighted by atomic mass is 9.91. The van der Waals surface area contributed by atoms with Gasteiger partial charge in [-0.05, 0) is 54.3 Å². The highest BCUT2D eigenvalue weighted by Crippen LogP contribution is 2.43. The predicted octanol–water partition coefficient (Wildman–Crippen LogP) is 5.28. The highest BCUT2D eigenvalue weighted by molar-refractivity contribution is 7.99. The lowest BCUT2D eigenvalue weighted by Gasteiger charge is -2.23. The van der Waals surface area contributed by atoms with Gasteiger partial charge in [0.1, 0.15) is 0 Å². The molecular formula is C17H16N2OS2. The molecule has 0 spiro atoms. The monoisotopic (exact) mass is 328 g/mol. The first-order valence-corrected chi connectivity index (χ1v) is 9.19. The van der Waals surface area contributed by atoms with Crippen molar-refractivity contribution in [1.82, 2.24) is 10.2 Å². The summed E-state index contributed by atoms with van der Waals surface area (Å²) in [6, 6.07) is 10.8. The lowest BCUT2D eigenvalue weighted by Crippen LogP contribution is -2.06. The predicted molar refractivity (Wildman–Crippen MR) is 90.3 cm³/mol. The number of benzene rings is 1. The third-order valence-corrected chi connectivity index (χ3v) is 6.17. The van der Waals surface area contributed by atoms with Crippen molar-refractivity contribution in [1.29, 1.82) is 0 Å². The molecule has 1 aliphatic rings. The standard InChI is InChI=1S/C17H16N2OS2/c1-11-9-10-21-15(11)16-18-19-17(20-16)22-14-8-4-6-12-5-2-3-7-13(12)14/h2-3,5,7,9-10,14H,4,6,8H2,1H3. The number of aryl methyl sites for hydroxylation is 2. The molecule has 0 amide bonds. The first-order valence-electron chi connectivity index (χ1n) is 7.43. The molecule has 2 heterocycles. The van der Waals surface area contributed by atoms with E-state index in [2.05, 4.69) is 52.8 Å². The fourth-order valence-electron chi connectivity index (χ4n) is 2.89. The summed E-state index contributed by atoms with van der Waals surface area (Å²) in [5.74, 6) is 0.638. The summed E-state index contributed by atoms with van der Waals surface area (Å²) in [6.07, 6.45) is 3.56. The van der Waals surface area contributed by atoms with Crippen molar-refractivity contribution in [2.24, 2.45) is 0 Å². The van der Waals surface area contributed by atoms with Crippen LogP contribution in [0.15, 0.2) is 45.4 Å². The van der Waals surface area contributed by atoms with Crippen LogP contribution in [0, 0.1) is 6.92 Å². The van der Waals surface area contributed by atoms with Crippen LogP contribution in [-0.4, -0.2) is 10.2 Å². The third kappa shape index (κ3) is 2.59. The summed E-state index contributed by atoms with van der Waals surface area (Å²) < 4.78 is 5.88. The third-order valence-electron chi connectivity index (χ3n) is 4.02. The molecule has 1 unspecified atom stereocenters. The van der Waals surface area contributed by atoms with Crippen molar-refractivity contribution in [3.63, 3.8) is 0 Å². The van der Waals surface area contributed by atoms with E-state index in [0.29, 0.717) is 16.4 Å². The Hall–Kier alpha value is -1.59. The summed E-state index contributed by atoms with van der Waals surface area (Å²) in [6.45, 7) is 2.07. The van der Waals surface area contributed by atoms with E-state index in [9.17, 15) is 0 Å². The van der Waals surface area contributed by atoms with Crippen molar-refractivity contribution in [3.8, 4) is 10.8 Å². The second-order valence-electron chi connectivity index (χ2n) is 5.50. The van der Waals surface area contributed by atoms with Crippen LogP contribution >= 0.6 is 23.1 Å². The lowest BCUT2D eigenvalue weighted by molar-refractivity contribution is 0.464. The normalized spacial score (nSPS) is 17.4. The van der Waals surface area contributed by atoms with E-state index in [-0.39, 0.29) is 0 Å². The number of rotatable bonds is 3. The minimum Gasteiger partial charge on any atom is -0.410 e. The average Bonchev–Trinajstić information content (AvgIpc) is 3.16. The molecule has 0 N–H and O–H groups in total. The number of aromatic nitrogens is 2. The second-order valence-corrected chi connectivity index (χ2v) is 7.57. The van der Waals surface area contributed by atoms with E-state index in [1.54, 1.807) is 23.1 Å². The van der Waals surface area contributed by atoms with E-state index in [0.717, 1.165) is 11.3 Å². The highest BCUT2D eigenvalue weighted by atomic mass is 32.2. The zero-order chi connectivity index (χ0) is 14.9. The summed E-state index contributed by atoms with van der Waals surface area (Å²) in [4.78, 5) is 1.07.